The van der Waals surface area contributed by atoms with Crippen molar-refractivity contribution in [2.24, 2.45) is 11.7 Å². The van der Waals surface area contributed by atoms with Crippen LogP contribution in [0.3, 0.4) is 0 Å². The molecule has 0 saturated heterocycles. The molecule has 1 heterocycles. The Morgan fingerprint density at radius 1 is 1.44 bits per heavy atom. The van der Waals surface area contributed by atoms with Crippen LogP contribution in [-0.2, 0) is 16.6 Å². The van der Waals surface area contributed by atoms with E-state index in [1.54, 1.807) is 18.5 Å². The zero-order valence-corrected chi connectivity index (χ0v) is 12.3. The molecule has 0 aliphatic heterocycles. The molecule has 6 heteroatoms. The van der Waals surface area contributed by atoms with Crippen LogP contribution < -0.4 is 5.73 Å². The lowest BCUT2D eigenvalue weighted by molar-refractivity contribution is 0.387. The van der Waals surface area contributed by atoms with Gasteiger partial charge in [0, 0.05) is 30.4 Å². The van der Waals surface area contributed by atoms with Crippen molar-refractivity contribution in [2.45, 2.75) is 37.1 Å². The SMILES string of the molecule is CN(CC1CCCC1)S(=O)(=O)c1csc(CN)c1. The zero-order valence-electron chi connectivity index (χ0n) is 10.6. The lowest BCUT2D eigenvalue weighted by Gasteiger charge is -2.20. The predicted molar refractivity (Wildman–Crippen MR) is 74.0 cm³/mol. The normalized spacial score (nSPS) is 17.7. The molecule has 1 aromatic rings. The third kappa shape index (κ3) is 2.93. The number of hydrogen-bond acceptors (Lipinski definition) is 4. The minimum atomic E-state index is -3.33. The Bertz CT molecular complexity index is 490. The van der Waals surface area contributed by atoms with Crippen LogP contribution in [0.25, 0.3) is 0 Å². The first-order chi connectivity index (χ1) is 8.54. The van der Waals surface area contributed by atoms with Gasteiger partial charge in [-0.05, 0) is 24.8 Å². The van der Waals surface area contributed by atoms with E-state index >= 15 is 0 Å². The van der Waals surface area contributed by atoms with E-state index in [-0.39, 0.29) is 0 Å². The van der Waals surface area contributed by atoms with Gasteiger partial charge in [0.1, 0.15) is 0 Å². The molecule has 0 unspecified atom stereocenters. The van der Waals surface area contributed by atoms with Crippen LogP contribution in [0.4, 0.5) is 0 Å². The van der Waals surface area contributed by atoms with E-state index in [9.17, 15) is 8.42 Å². The van der Waals surface area contributed by atoms with Gasteiger partial charge in [0.2, 0.25) is 10.0 Å². The Labute approximate surface area is 113 Å². The smallest absolute Gasteiger partial charge is 0.243 e. The van der Waals surface area contributed by atoms with E-state index in [0.717, 1.165) is 17.7 Å². The molecule has 102 valence electrons. The minimum Gasteiger partial charge on any atom is -0.326 e. The minimum absolute atomic E-state index is 0.383. The Morgan fingerprint density at radius 3 is 2.67 bits per heavy atom. The number of sulfonamides is 1. The molecule has 2 rings (SSSR count). The van der Waals surface area contributed by atoms with Gasteiger partial charge in [0.25, 0.3) is 0 Å². The highest BCUT2D eigenvalue weighted by molar-refractivity contribution is 7.89. The Hall–Kier alpha value is -0.430. The van der Waals surface area contributed by atoms with Crippen molar-refractivity contribution in [1.29, 1.82) is 0 Å². The molecule has 1 fully saturated rings. The monoisotopic (exact) mass is 288 g/mol. The molecule has 2 N–H and O–H groups in total. The topological polar surface area (TPSA) is 63.4 Å². The molecule has 1 aliphatic rings. The molecular formula is C12H20N2O2S2. The second-order valence-electron chi connectivity index (χ2n) is 4.89. The first-order valence-corrected chi connectivity index (χ1v) is 8.60. The summed E-state index contributed by atoms with van der Waals surface area (Å²) in [5.41, 5.74) is 5.52. The summed E-state index contributed by atoms with van der Waals surface area (Å²) >= 11 is 1.41. The van der Waals surface area contributed by atoms with E-state index in [2.05, 4.69) is 0 Å². The summed E-state index contributed by atoms with van der Waals surface area (Å²) < 4.78 is 26.2. The summed E-state index contributed by atoms with van der Waals surface area (Å²) in [5.74, 6) is 0.525. The number of nitrogens with two attached hydrogens (primary N) is 1. The first kappa shape index (κ1) is 14.0. The Balaban J connectivity index is 2.09. The van der Waals surface area contributed by atoms with Gasteiger partial charge >= 0.3 is 0 Å². The molecule has 0 aromatic carbocycles. The summed E-state index contributed by atoms with van der Waals surface area (Å²) in [5, 5.41) is 1.68. The number of rotatable bonds is 5. The highest BCUT2D eigenvalue weighted by Gasteiger charge is 2.26. The van der Waals surface area contributed by atoms with Gasteiger partial charge in [-0.1, -0.05) is 12.8 Å². The molecule has 0 bridgehead atoms. The van der Waals surface area contributed by atoms with Gasteiger partial charge in [0.15, 0.2) is 0 Å². The van der Waals surface area contributed by atoms with Gasteiger partial charge in [-0.25, -0.2) is 12.7 Å². The number of thiophene rings is 1. The van der Waals surface area contributed by atoms with Crippen molar-refractivity contribution in [2.75, 3.05) is 13.6 Å². The molecule has 1 saturated carbocycles. The Morgan fingerprint density at radius 2 is 2.11 bits per heavy atom. The summed E-state index contributed by atoms with van der Waals surface area (Å²) in [6.45, 7) is 1.03. The predicted octanol–water partition coefficient (Wildman–Crippen LogP) is 2.02. The molecule has 1 aromatic heterocycles. The molecule has 1 aliphatic carbocycles. The van der Waals surface area contributed by atoms with Crippen molar-refractivity contribution >= 4 is 21.4 Å². The van der Waals surface area contributed by atoms with E-state index in [1.165, 1.54) is 28.5 Å². The summed E-state index contributed by atoms with van der Waals surface area (Å²) in [6, 6.07) is 1.69. The first-order valence-electron chi connectivity index (χ1n) is 6.28. The third-order valence-corrected chi connectivity index (χ3v) is 6.44. The van der Waals surface area contributed by atoms with Crippen LogP contribution in [0, 0.1) is 5.92 Å². The molecule has 4 nitrogen and oxygen atoms in total. The fourth-order valence-electron chi connectivity index (χ4n) is 2.44. The average Bonchev–Trinajstić information content (AvgIpc) is 2.99. The van der Waals surface area contributed by atoms with Gasteiger partial charge in [0.05, 0.1) is 4.90 Å². The van der Waals surface area contributed by atoms with Crippen LogP contribution in [0.5, 0.6) is 0 Å². The van der Waals surface area contributed by atoms with Crippen molar-refractivity contribution in [3.8, 4) is 0 Å². The van der Waals surface area contributed by atoms with Gasteiger partial charge < -0.3 is 5.73 Å². The third-order valence-electron chi connectivity index (χ3n) is 3.53. The van der Waals surface area contributed by atoms with Crippen LogP contribution >= 0.6 is 11.3 Å². The van der Waals surface area contributed by atoms with Crippen LogP contribution in [-0.4, -0.2) is 26.3 Å². The molecule has 0 spiro atoms. The molecular weight excluding hydrogens is 268 g/mol. The fraction of sp³-hybridized carbons (Fsp3) is 0.667. The zero-order chi connectivity index (χ0) is 13.2. The van der Waals surface area contributed by atoms with Gasteiger partial charge in [-0.15, -0.1) is 11.3 Å². The summed E-state index contributed by atoms with van der Waals surface area (Å²) in [4.78, 5) is 1.29. The van der Waals surface area contributed by atoms with Gasteiger partial charge in [-0.3, -0.25) is 0 Å². The highest BCUT2D eigenvalue weighted by atomic mass is 32.2. The lowest BCUT2D eigenvalue weighted by Crippen LogP contribution is -2.31. The quantitative estimate of drug-likeness (QED) is 0.901. The van der Waals surface area contributed by atoms with Crippen LogP contribution in [0.15, 0.2) is 16.3 Å². The summed E-state index contributed by atoms with van der Waals surface area (Å²) in [6.07, 6.45) is 4.76. The van der Waals surface area contributed by atoms with E-state index in [0.29, 0.717) is 23.9 Å². The fourth-order valence-corrected chi connectivity index (χ4v) is 4.83. The van der Waals surface area contributed by atoms with E-state index < -0.39 is 10.0 Å². The molecule has 0 atom stereocenters. The highest BCUT2D eigenvalue weighted by Crippen LogP contribution is 2.28. The maximum Gasteiger partial charge on any atom is 0.243 e. The summed E-state index contributed by atoms with van der Waals surface area (Å²) in [7, 11) is -1.65. The number of nitrogens with zero attached hydrogens (tertiary/aromatic N) is 1. The standard InChI is InChI=1S/C12H20N2O2S2/c1-14(8-10-4-2-3-5-10)18(15,16)12-6-11(7-13)17-9-12/h6,9-10H,2-5,7-8,13H2,1H3. The maximum absolute atomic E-state index is 12.3. The molecule has 0 amide bonds. The lowest BCUT2D eigenvalue weighted by atomic mass is 10.1. The Kier molecular flexibility index (Phi) is 4.42. The van der Waals surface area contributed by atoms with E-state index in [4.69, 9.17) is 5.73 Å². The second kappa shape index (κ2) is 5.69. The van der Waals surface area contributed by atoms with E-state index in [1.807, 2.05) is 0 Å². The van der Waals surface area contributed by atoms with Crippen molar-refractivity contribution in [1.82, 2.24) is 4.31 Å². The second-order valence-corrected chi connectivity index (χ2v) is 7.93. The largest absolute Gasteiger partial charge is 0.326 e. The van der Waals surface area contributed by atoms with Crippen molar-refractivity contribution < 1.29 is 8.42 Å². The average molecular weight is 288 g/mol. The number of hydrogen-bond donors (Lipinski definition) is 1. The molecule has 0 radical (unpaired) electrons. The van der Waals surface area contributed by atoms with Crippen LogP contribution in [0.1, 0.15) is 30.6 Å². The van der Waals surface area contributed by atoms with Crippen molar-refractivity contribution in [3.05, 3.63) is 16.3 Å². The van der Waals surface area contributed by atoms with Crippen LogP contribution in [0.2, 0.25) is 0 Å². The molecule has 18 heavy (non-hydrogen) atoms. The van der Waals surface area contributed by atoms with Crippen molar-refractivity contribution in [3.63, 3.8) is 0 Å². The maximum atomic E-state index is 12.3. The van der Waals surface area contributed by atoms with Gasteiger partial charge in [-0.2, -0.15) is 0 Å².